The molecule has 0 aliphatic rings. The Morgan fingerprint density at radius 1 is 1.37 bits per heavy atom. The first-order valence-electron chi connectivity index (χ1n) is 5.81. The van der Waals surface area contributed by atoms with Crippen LogP contribution in [-0.4, -0.2) is 27.0 Å². The lowest BCUT2D eigenvalue weighted by molar-refractivity contribution is -0.385. The fourth-order valence-electron chi connectivity index (χ4n) is 1.55. The normalized spacial score (nSPS) is 9.47. The minimum atomic E-state index is -0.487. The van der Waals surface area contributed by atoms with E-state index in [4.69, 9.17) is 4.74 Å². The maximum atomic E-state index is 10.9. The van der Waals surface area contributed by atoms with Crippen LogP contribution >= 0.6 is 0 Å². The van der Waals surface area contributed by atoms with E-state index in [2.05, 4.69) is 10.2 Å². The van der Waals surface area contributed by atoms with Crippen LogP contribution in [0.25, 0.3) is 11.3 Å². The van der Waals surface area contributed by atoms with Gasteiger partial charge in [-0.15, -0.1) is 0 Å². The van der Waals surface area contributed by atoms with Crippen LogP contribution in [-0.2, 0) is 7.05 Å². The van der Waals surface area contributed by atoms with Crippen LogP contribution in [0, 0.1) is 10.1 Å². The van der Waals surface area contributed by atoms with Crippen LogP contribution in [0.2, 0.25) is 0 Å². The van der Waals surface area contributed by atoms with Gasteiger partial charge >= 0.3 is 5.69 Å². The zero-order valence-corrected chi connectivity index (χ0v) is 11.3. The highest BCUT2D eigenvalue weighted by atomic mass is 16.6. The van der Waals surface area contributed by atoms with Crippen molar-refractivity contribution in [2.24, 2.45) is 7.05 Å². The molecule has 7 nitrogen and oxygen atoms in total. The second-order valence-electron chi connectivity index (χ2n) is 3.33. The van der Waals surface area contributed by atoms with E-state index in [9.17, 15) is 10.1 Å². The Morgan fingerprint density at radius 3 is 2.53 bits per heavy atom. The van der Waals surface area contributed by atoms with E-state index in [1.165, 1.54) is 24.2 Å². The van der Waals surface area contributed by atoms with Gasteiger partial charge in [-0.05, 0) is 6.07 Å². The molecule has 0 aliphatic carbocycles. The first-order valence-corrected chi connectivity index (χ1v) is 5.81. The maximum absolute atomic E-state index is 10.9. The molecule has 7 heteroatoms. The van der Waals surface area contributed by atoms with Crippen LogP contribution in [0.5, 0.6) is 5.75 Å². The van der Waals surface area contributed by atoms with Crippen LogP contribution in [0.3, 0.4) is 0 Å². The number of benzene rings is 1. The SMILES string of the molecule is CC.COc1c(-c2cnn(C)n2)cccc1[N+](=O)[O-]. The minimum absolute atomic E-state index is 0.0874. The van der Waals surface area contributed by atoms with Gasteiger partial charge in [0.05, 0.1) is 23.8 Å². The van der Waals surface area contributed by atoms with Gasteiger partial charge in [0, 0.05) is 13.1 Å². The summed E-state index contributed by atoms with van der Waals surface area (Å²) in [4.78, 5) is 11.7. The molecule has 0 aliphatic heterocycles. The first kappa shape index (κ1) is 14.6. The summed E-state index contributed by atoms with van der Waals surface area (Å²) >= 11 is 0. The van der Waals surface area contributed by atoms with Gasteiger partial charge < -0.3 is 4.74 Å². The Balaban J connectivity index is 0.000000861. The Morgan fingerprint density at radius 2 is 2.05 bits per heavy atom. The van der Waals surface area contributed by atoms with E-state index in [0.29, 0.717) is 11.3 Å². The van der Waals surface area contributed by atoms with Gasteiger partial charge in [-0.25, -0.2) is 0 Å². The van der Waals surface area contributed by atoms with Crippen LogP contribution in [0.1, 0.15) is 13.8 Å². The molecule has 0 fully saturated rings. The molecule has 0 amide bonds. The van der Waals surface area contributed by atoms with E-state index >= 15 is 0 Å². The molecule has 2 aromatic rings. The third-order valence-electron chi connectivity index (χ3n) is 2.27. The number of nitrogens with zero attached hydrogens (tertiary/aromatic N) is 4. The van der Waals surface area contributed by atoms with Crippen molar-refractivity contribution in [1.29, 1.82) is 0 Å². The molecular formula is C12H16N4O3. The summed E-state index contributed by atoms with van der Waals surface area (Å²) < 4.78 is 5.08. The van der Waals surface area contributed by atoms with Gasteiger partial charge in [0.1, 0.15) is 5.69 Å². The second kappa shape index (κ2) is 6.48. The highest BCUT2D eigenvalue weighted by Gasteiger charge is 2.20. The fourth-order valence-corrected chi connectivity index (χ4v) is 1.55. The number of hydrogen-bond acceptors (Lipinski definition) is 5. The third kappa shape index (κ3) is 3.06. The zero-order valence-electron chi connectivity index (χ0n) is 11.3. The van der Waals surface area contributed by atoms with Crippen molar-refractivity contribution in [2.45, 2.75) is 13.8 Å². The molecule has 0 N–H and O–H groups in total. The van der Waals surface area contributed by atoms with E-state index in [0.717, 1.165) is 0 Å². The third-order valence-corrected chi connectivity index (χ3v) is 2.27. The molecule has 1 heterocycles. The van der Waals surface area contributed by atoms with Crippen molar-refractivity contribution in [1.82, 2.24) is 15.0 Å². The van der Waals surface area contributed by atoms with Crippen molar-refractivity contribution in [3.8, 4) is 17.0 Å². The molecule has 0 atom stereocenters. The molecule has 0 saturated carbocycles. The van der Waals surface area contributed by atoms with Crippen molar-refractivity contribution < 1.29 is 9.66 Å². The predicted molar refractivity (Wildman–Crippen MR) is 71.0 cm³/mol. The molecule has 19 heavy (non-hydrogen) atoms. The fraction of sp³-hybridized carbons (Fsp3) is 0.333. The highest BCUT2D eigenvalue weighted by molar-refractivity contribution is 5.72. The predicted octanol–water partition coefficient (Wildman–Crippen LogP) is 2.43. The summed E-state index contributed by atoms with van der Waals surface area (Å²) in [6.07, 6.45) is 1.53. The summed E-state index contributed by atoms with van der Waals surface area (Å²) in [6.45, 7) is 4.00. The van der Waals surface area contributed by atoms with Crippen molar-refractivity contribution in [3.05, 3.63) is 34.5 Å². The monoisotopic (exact) mass is 264 g/mol. The maximum Gasteiger partial charge on any atom is 0.311 e. The van der Waals surface area contributed by atoms with Crippen LogP contribution < -0.4 is 4.74 Å². The van der Waals surface area contributed by atoms with Gasteiger partial charge in [0.25, 0.3) is 0 Å². The molecule has 0 radical (unpaired) electrons. The standard InChI is InChI=1S/C10H10N4O3.C2H6/c1-13-11-6-8(12-13)7-4-3-5-9(14(15)16)10(7)17-2;1-2/h3-6H,1-2H3;1-2H3. The number of rotatable bonds is 3. The van der Waals surface area contributed by atoms with E-state index in [-0.39, 0.29) is 11.4 Å². The van der Waals surface area contributed by atoms with Gasteiger partial charge in [-0.1, -0.05) is 19.9 Å². The largest absolute Gasteiger partial charge is 0.490 e. The van der Waals surface area contributed by atoms with Crippen LogP contribution in [0.15, 0.2) is 24.4 Å². The summed E-state index contributed by atoms with van der Waals surface area (Å²) in [7, 11) is 3.07. The Hall–Kier alpha value is -2.44. The highest BCUT2D eigenvalue weighted by Crippen LogP contribution is 2.36. The lowest BCUT2D eigenvalue weighted by Gasteiger charge is -2.05. The van der Waals surface area contributed by atoms with Crippen LogP contribution in [0.4, 0.5) is 5.69 Å². The quantitative estimate of drug-likeness (QED) is 0.628. The number of methoxy groups -OCH3 is 1. The molecule has 2 rings (SSSR count). The lowest BCUT2D eigenvalue weighted by Crippen LogP contribution is -1.96. The number of hydrogen-bond donors (Lipinski definition) is 0. The molecule has 0 bridgehead atoms. The average molecular weight is 264 g/mol. The van der Waals surface area contributed by atoms with Crippen molar-refractivity contribution >= 4 is 5.69 Å². The summed E-state index contributed by atoms with van der Waals surface area (Å²) in [5.74, 6) is 0.193. The van der Waals surface area contributed by atoms with E-state index in [1.807, 2.05) is 13.8 Å². The number of nitro groups is 1. The molecule has 0 spiro atoms. The number of aromatic nitrogens is 3. The number of nitro benzene ring substituents is 1. The number of para-hydroxylation sites is 1. The molecule has 0 saturated heterocycles. The minimum Gasteiger partial charge on any atom is -0.490 e. The Labute approximate surface area is 111 Å². The Kier molecular flexibility index (Phi) is 4.99. The number of ether oxygens (including phenoxy) is 1. The topological polar surface area (TPSA) is 83.1 Å². The summed E-state index contributed by atoms with van der Waals surface area (Å²) in [5.41, 5.74) is 0.999. The van der Waals surface area contributed by atoms with Crippen molar-refractivity contribution in [2.75, 3.05) is 7.11 Å². The van der Waals surface area contributed by atoms with Gasteiger partial charge in [0.15, 0.2) is 0 Å². The molecular weight excluding hydrogens is 248 g/mol. The number of aryl methyl sites for hydroxylation is 1. The smallest absolute Gasteiger partial charge is 0.311 e. The average Bonchev–Trinajstić information content (AvgIpc) is 2.86. The van der Waals surface area contributed by atoms with E-state index in [1.54, 1.807) is 19.2 Å². The van der Waals surface area contributed by atoms with Crippen molar-refractivity contribution in [3.63, 3.8) is 0 Å². The second-order valence-corrected chi connectivity index (χ2v) is 3.33. The Bertz CT molecular complexity index is 566. The van der Waals surface area contributed by atoms with Gasteiger partial charge in [-0.2, -0.15) is 15.0 Å². The van der Waals surface area contributed by atoms with E-state index < -0.39 is 4.92 Å². The molecule has 1 aromatic heterocycles. The first-order chi connectivity index (χ1) is 9.13. The molecule has 1 aromatic carbocycles. The van der Waals surface area contributed by atoms with Gasteiger partial charge in [0.2, 0.25) is 5.75 Å². The summed E-state index contributed by atoms with van der Waals surface area (Å²) in [6, 6.07) is 4.68. The van der Waals surface area contributed by atoms with Gasteiger partial charge in [-0.3, -0.25) is 10.1 Å². The summed E-state index contributed by atoms with van der Waals surface area (Å²) in [5, 5.41) is 18.9. The molecule has 102 valence electrons. The zero-order chi connectivity index (χ0) is 14.4. The molecule has 0 unspecified atom stereocenters. The lowest BCUT2D eigenvalue weighted by atomic mass is 10.1.